The van der Waals surface area contributed by atoms with Crippen LogP contribution < -0.4 is 4.74 Å². The molecule has 0 radical (unpaired) electrons. The van der Waals surface area contributed by atoms with Crippen molar-refractivity contribution in [2.24, 2.45) is 5.92 Å². The second-order valence-electron chi connectivity index (χ2n) is 6.74. The first-order chi connectivity index (χ1) is 11.3. The van der Waals surface area contributed by atoms with Gasteiger partial charge in [-0.25, -0.2) is 0 Å². The highest BCUT2D eigenvalue weighted by molar-refractivity contribution is 5.30. The van der Waals surface area contributed by atoms with Gasteiger partial charge in [-0.05, 0) is 37.1 Å². The molecule has 0 unspecified atom stereocenters. The van der Waals surface area contributed by atoms with Gasteiger partial charge in [0.05, 0.1) is 5.56 Å². The summed E-state index contributed by atoms with van der Waals surface area (Å²) in [6.07, 6.45) is -3.11. The van der Waals surface area contributed by atoms with Crippen molar-refractivity contribution in [3.63, 3.8) is 0 Å². The Balaban J connectivity index is 1.68. The van der Waals surface area contributed by atoms with Crippen LogP contribution in [0.5, 0.6) is 5.75 Å². The maximum absolute atomic E-state index is 12.7. The molecule has 136 valence electrons. The van der Waals surface area contributed by atoms with E-state index in [0.29, 0.717) is 6.61 Å². The molecule has 1 heterocycles. The van der Waals surface area contributed by atoms with E-state index in [1.165, 1.54) is 12.5 Å². The van der Waals surface area contributed by atoms with Gasteiger partial charge in [-0.1, -0.05) is 19.9 Å². The van der Waals surface area contributed by atoms with Crippen molar-refractivity contribution in [1.29, 1.82) is 0 Å². The lowest BCUT2D eigenvalue weighted by Gasteiger charge is -2.34. The van der Waals surface area contributed by atoms with Gasteiger partial charge in [-0.15, -0.1) is 0 Å². The van der Waals surface area contributed by atoms with E-state index < -0.39 is 11.7 Å². The molecule has 1 aliphatic rings. The summed E-state index contributed by atoms with van der Waals surface area (Å²) in [7, 11) is 0. The lowest BCUT2D eigenvalue weighted by atomic mass is 10.1. The van der Waals surface area contributed by atoms with E-state index in [1.54, 1.807) is 6.07 Å². The van der Waals surface area contributed by atoms with Gasteiger partial charge in [-0.3, -0.25) is 4.90 Å². The van der Waals surface area contributed by atoms with Gasteiger partial charge in [-0.2, -0.15) is 13.2 Å². The zero-order valence-corrected chi connectivity index (χ0v) is 14.5. The Bertz CT molecular complexity index is 497. The number of ether oxygens (including phenoxy) is 1. The Morgan fingerprint density at radius 1 is 1.04 bits per heavy atom. The fourth-order valence-electron chi connectivity index (χ4n) is 2.73. The number of rotatable bonds is 7. The second-order valence-corrected chi connectivity index (χ2v) is 6.74. The van der Waals surface area contributed by atoms with E-state index >= 15 is 0 Å². The molecule has 1 aliphatic heterocycles. The first kappa shape index (κ1) is 19.1. The third-order valence-corrected chi connectivity index (χ3v) is 4.33. The van der Waals surface area contributed by atoms with Gasteiger partial charge in [0.1, 0.15) is 12.4 Å². The van der Waals surface area contributed by atoms with E-state index in [1.807, 2.05) is 0 Å². The number of hydrogen-bond acceptors (Lipinski definition) is 3. The van der Waals surface area contributed by atoms with Crippen LogP contribution in [-0.4, -0.2) is 55.7 Å². The predicted octanol–water partition coefficient (Wildman–Crippen LogP) is 3.75. The summed E-state index contributed by atoms with van der Waals surface area (Å²) >= 11 is 0. The summed E-state index contributed by atoms with van der Waals surface area (Å²) in [5.41, 5.74) is -0.668. The van der Waals surface area contributed by atoms with Gasteiger partial charge in [0.25, 0.3) is 0 Å². The monoisotopic (exact) mass is 344 g/mol. The Morgan fingerprint density at radius 3 is 2.25 bits per heavy atom. The average molecular weight is 344 g/mol. The van der Waals surface area contributed by atoms with E-state index in [-0.39, 0.29) is 5.75 Å². The number of alkyl halides is 3. The minimum absolute atomic E-state index is 0.278. The van der Waals surface area contributed by atoms with Gasteiger partial charge in [0.15, 0.2) is 0 Å². The summed E-state index contributed by atoms with van der Waals surface area (Å²) < 4.78 is 43.5. The normalized spacial score (nSPS) is 17.4. The van der Waals surface area contributed by atoms with Gasteiger partial charge in [0, 0.05) is 32.7 Å². The van der Waals surface area contributed by atoms with Crippen LogP contribution in [0.15, 0.2) is 24.3 Å². The van der Waals surface area contributed by atoms with Crippen LogP contribution in [0.4, 0.5) is 13.2 Å². The molecule has 0 amide bonds. The molecule has 3 nitrogen and oxygen atoms in total. The lowest BCUT2D eigenvalue weighted by Crippen LogP contribution is -2.47. The summed E-state index contributed by atoms with van der Waals surface area (Å²) in [6, 6.07) is 5.07. The first-order valence-electron chi connectivity index (χ1n) is 8.59. The minimum Gasteiger partial charge on any atom is -0.492 e. The highest BCUT2D eigenvalue weighted by Crippen LogP contribution is 2.31. The minimum atomic E-state index is -4.33. The van der Waals surface area contributed by atoms with Crippen molar-refractivity contribution in [1.82, 2.24) is 9.80 Å². The molecule has 1 aromatic rings. The highest BCUT2D eigenvalue weighted by Gasteiger charge is 2.30. The van der Waals surface area contributed by atoms with Crippen LogP contribution in [0.3, 0.4) is 0 Å². The maximum atomic E-state index is 12.7. The average Bonchev–Trinajstić information content (AvgIpc) is 2.53. The number of nitrogens with zero attached hydrogens (tertiary/aromatic N) is 2. The van der Waals surface area contributed by atoms with Crippen molar-refractivity contribution in [3.8, 4) is 5.75 Å². The molecule has 0 aliphatic carbocycles. The molecule has 1 fully saturated rings. The number of hydrogen-bond donors (Lipinski definition) is 0. The second kappa shape index (κ2) is 8.72. The zero-order valence-electron chi connectivity index (χ0n) is 14.5. The van der Waals surface area contributed by atoms with E-state index in [4.69, 9.17) is 4.74 Å². The number of halogens is 3. The van der Waals surface area contributed by atoms with Crippen molar-refractivity contribution in [3.05, 3.63) is 29.8 Å². The molecule has 0 saturated carbocycles. The van der Waals surface area contributed by atoms with Crippen LogP contribution in [0.2, 0.25) is 0 Å². The molecule has 6 heteroatoms. The highest BCUT2D eigenvalue weighted by atomic mass is 19.4. The Morgan fingerprint density at radius 2 is 1.67 bits per heavy atom. The molecular weight excluding hydrogens is 317 g/mol. The lowest BCUT2D eigenvalue weighted by molar-refractivity contribution is -0.137. The molecule has 24 heavy (non-hydrogen) atoms. The Hall–Kier alpha value is -1.27. The topological polar surface area (TPSA) is 15.7 Å². The first-order valence-corrected chi connectivity index (χ1v) is 8.59. The number of piperazine rings is 1. The maximum Gasteiger partial charge on any atom is 0.416 e. The molecule has 0 N–H and O–H groups in total. The van der Waals surface area contributed by atoms with Gasteiger partial charge < -0.3 is 9.64 Å². The van der Waals surface area contributed by atoms with Crippen LogP contribution in [0.25, 0.3) is 0 Å². The summed E-state index contributed by atoms with van der Waals surface area (Å²) in [6.45, 7) is 10.9. The zero-order chi connectivity index (χ0) is 17.6. The van der Waals surface area contributed by atoms with Crippen molar-refractivity contribution in [2.75, 3.05) is 45.9 Å². The van der Waals surface area contributed by atoms with Crippen molar-refractivity contribution < 1.29 is 17.9 Å². The molecule has 1 saturated heterocycles. The van der Waals surface area contributed by atoms with Crippen LogP contribution in [0, 0.1) is 5.92 Å². The number of benzene rings is 1. The van der Waals surface area contributed by atoms with Crippen molar-refractivity contribution in [2.45, 2.75) is 26.4 Å². The summed E-state index contributed by atoms with van der Waals surface area (Å²) in [4.78, 5) is 4.78. The third-order valence-electron chi connectivity index (χ3n) is 4.33. The molecule has 0 spiro atoms. The van der Waals surface area contributed by atoms with E-state index in [2.05, 4.69) is 23.6 Å². The molecular formula is C18H27F3N2O. The fourth-order valence-corrected chi connectivity index (χ4v) is 2.73. The van der Waals surface area contributed by atoms with Crippen molar-refractivity contribution >= 4 is 0 Å². The Kier molecular flexibility index (Phi) is 6.92. The fraction of sp³-hybridized carbons (Fsp3) is 0.667. The summed E-state index contributed by atoms with van der Waals surface area (Å²) in [5.74, 6) is 1.00. The third kappa shape index (κ3) is 6.32. The van der Waals surface area contributed by atoms with Gasteiger partial charge >= 0.3 is 6.18 Å². The smallest absolute Gasteiger partial charge is 0.416 e. The molecule has 0 atom stereocenters. The summed E-state index contributed by atoms with van der Waals surface area (Å²) in [5, 5.41) is 0. The van der Waals surface area contributed by atoms with E-state index in [0.717, 1.165) is 57.3 Å². The molecule has 0 bridgehead atoms. The van der Waals surface area contributed by atoms with Crippen LogP contribution in [0.1, 0.15) is 25.8 Å². The van der Waals surface area contributed by atoms with Crippen LogP contribution in [-0.2, 0) is 6.18 Å². The van der Waals surface area contributed by atoms with Gasteiger partial charge in [0.2, 0.25) is 0 Å². The largest absolute Gasteiger partial charge is 0.492 e. The Labute approximate surface area is 142 Å². The quantitative estimate of drug-likeness (QED) is 0.749. The molecule has 1 aromatic carbocycles. The molecule has 0 aromatic heterocycles. The van der Waals surface area contributed by atoms with E-state index in [9.17, 15) is 13.2 Å². The standard InChI is InChI=1S/C18H27F3N2O/c1-15(2)6-7-22-8-10-23(11-9-22)12-13-24-17-5-3-4-16(14-17)18(19,20)21/h3-5,14-15H,6-13H2,1-2H3. The SMILES string of the molecule is CC(C)CCN1CCN(CCOc2cccc(C(F)(F)F)c2)CC1. The molecule has 2 rings (SSSR count). The predicted molar refractivity (Wildman–Crippen MR) is 89.3 cm³/mol. The van der Waals surface area contributed by atoms with Crippen LogP contribution >= 0.6 is 0 Å².